The second-order valence-electron chi connectivity index (χ2n) is 6.60. The molecule has 1 amide bonds. The first-order chi connectivity index (χ1) is 12.5. The van der Waals surface area contributed by atoms with Gasteiger partial charge in [0.15, 0.2) is 0 Å². The van der Waals surface area contributed by atoms with Gasteiger partial charge in [-0.05, 0) is 44.9 Å². The molecule has 1 fully saturated rings. The molecule has 2 aromatic rings. The summed E-state index contributed by atoms with van der Waals surface area (Å²) < 4.78 is 5.50. The van der Waals surface area contributed by atoms with Gasteiger partial charge in [0.25, 0.3) is 5.91 Å². The van der Waals surface area contributed by atoms with Crippen molar-refractivity contribution in [3.8, 4) is 5.88 Å². The molecule has 0 aromatic carbocycles. The number of halogens is 1. The molecule has 0 bridgehead atoms. The second-order valence-corrected chi connectivity index (χ2v) is 7.01. The van der Waals surface area contributed by atoms with Crippen LogP contribution in [0.25, 0.3) is 0 Å². The van der Waals surface area contributed by atoms with Crippen LogP contribution in [0.15, 0.2) is 36.7 Å². The van der Waals surface area contributed by atoms with Crippen molar-refractivity contribution < 1.29 is 9.53 Å². The molecule has 7 heteroatoms. The lowest BCUT2D eigenvalue weighted by atomic mass is 10.0. The average molecular weight is 375 g/mol. The monoisotopic (exact) mass is 374 g/mol. The van der Waals surface area contributed by atoms with Crippen molar-refractivity contribution in [3.05, 3.63) is 47.2 Å². The second kappa shape index (κ2) is 8.36. The Bertz CT molecular complexity index is 746. The molecule has 138 valence electrons. The minimum absolute atomic E-state index is 0.0241. The van der Waals surface area contributed by atoms with E-state index in [4.69, 9.17) is 16.3 Å². The molecule has 3 rings (SSSR count). The molecule has 1 N–H and O–H groups in total. The number of piperidine rings is 1. The zero-order chi connectivity index (χ0) is 18.5. The van der Waals surface area contributed by atoms with Crippen LogP contribution in [0.5, 0.6) is 5.88 Å². The van der Waals surface area contributed by atoms with Crippen molar-refractivity contribution >= 4 is 23.3 Å². The van der Waals surface area contributed by atoms with E-state index in [0.717, 1.165) is 31.7 Å². The van der Waals surface area contributed by atoms with E-state index < -0.39 is 0 Å². The Labute approximate surface area is 158 Å². The summed E-state index contributed by atoms with van der Waals surface area (Å²) in [4.78, 5) is 23.2. The predicted molar refractivity (Wildman–Crippen MR) is 102 cm³/mol. The van der Waals surface area contributed by atoms with Gasteiger partial charge in [0.1, 0.15) is 10.8 Å². The van der Waals surface area contributed by atoms with Gasteiger partial charge in [0, 0.05) is 31.5 Å². The molecular formula is C19H23ClN4O2. The van der Waals surface area contributed by atoms with Crippen LogP contribution in [0, 0.1) is 0 Å². The van der Waals surface area contributed by atoms with Gasteiger partial charge in [-0.2, -0.15) is 0 Å². The highest BCUT2D eigenvalue weighted by Crippen LogP contribution is 2.24. The first-order valence-electron chi connectivity index (χ1n) is 8.82. The Kier molecular flexibility index (Phi) is 5.93. The maximum Gasteiger partial charge on any atom is 0.253 e. The lowest BCUT2D eigenvalue weighted by Gasteiger charge is -2.33. The molecule has 0 spiro atoms. The van der Waals surface area contributed by atoms with Gasteiger partial charge in [-0.25, -0.2) is 9.97 Å². The number of carbonyl (C=O) groups excluding carboxylic acids is 1. The SMILES string of the molecule is CC(C)Oc1ncc(C(=O)NC2CCN(c3ccccn3)CC2)cc1Cl. The van der Waals surface area contributed by atoms with Crippen LogP contribution < -0.4 is 15.0 Å². The van der Waals surface area contributed by atoms with Gasteiger partial charge >= 0.3 is 0 Å². The smallest absolute Gasteiger partial charge is 0.253 e. The van der Waals surface area contributed by atoms with Crippen LogP contribution in [0.2, 0.25) is 5.02 Å². The molecule has 2 aromatic heterocycles. The van der Waals surface area contributed by atoms with E-state index in [0.29, 0.717) is 16.5 Å². The summed E-state index contributed by atoms with van der Waals surface area (Å²) >= 11 is 6.17. The molecule has 1 aliphatic rings. The van der Waals surface area contributed by atoms with E-state index in [1.807, 2.05) is 32.0 Å². The molecule has 26 heavy (non-hydrogen) atoms. The third kappa shape index (κ3) is 4.64. The van der Waals surface area contributed by atoms with Crippen molar-refractivity contribution in [2.24, 2.45) is 0 Å². The van der Waals surface area contributed by atoms with Crippen LogP contribution >= 0.6 is 11.6 Å². The summed E-state index contributed by atoms with van der Waals surface area (Å²) in [5.41, 5.74) is 0.443. The van der Waals surface area contributed by atoms with E-state index in [1.165, 1.54) is 6.20 Å². The number of aromatic nitrogens is 2. The molecule has 0 atom stereocenters. The lowest BCUT2D eigenvalue weighted by Crippen LogP contribution is -2.45. The number of nitrogens with zero attached hydrogens (tertiary/aromatic N) is 3. The largest absolute Gasteiger partial charge is 0.474 e. The Morgan fingerprint density at radius 2 is 2.08 bits per heavy atom. The molecule has 3 heterocycles. The Hall–Kier alpha value is -2.34. The third-order valence-corrected chi connectivity index (χ3v) is 4.49. The number of nitrogens with one attached hydrogen (secondary N) is 1. The minimum Gasteiger partial charge on any atom is -0.474 e. The van der Waals surface area contributed by atoms with E-state index in [2.05, 4.69) is 20.2 Å². The number of hydrogen-bond acceptors (Lipinski definition) is 5. The van der Waals surface area contributed by atoms with Crippen molar-refractivity contribution in [3.63, 3.8) is 0 Å². The average Bonchev–Trinajstić information content (AvgIpc) is 2.64. The molecular weight excluding hydrogens is 352 g/mol. The first-order valence-corrected chi connectivity index (χ1v) is 9.20. The summed E-state index contributed by atoms with van der Waals surface area (Å²) in [5.74, 6) is 1.17. The zero-order valence-corrected chi connectivity index (χ0v) is 15.7. The van der Waals surface area contributed by atoms with Gasteiger partial charge in [0.05, 0.1) is 11.7 Å². The van der Waals surface area contributed by atoms with E-state index in [1.54, 1.807) is 12.3 Å². The number of amides is 1. The van der Waals surface area contributed by atoms with Crippen LogP contribution in [-0.4, -0.2) is 41.1 Å². The van der Waals surface area contributed by atoms with Crippen molar-refractivity contribution in [2.75, 3.05) is 18.0 Å². The number of pyridine rings is 2. The fourth-order valence-electron chi connectivity index (χ4n) is 2.92. The summed E-state index contributed by atoms with van der Waals surface area (Å²) in [6, 6.07) is 7.64. The van der Waals surface area contributed by atoms with E-state index in [-0.39, 0.29) is 18.1 Å². The third-order valence-electron chi connectivity index (χ3n) is 4.22. The molecule has 1 saturated heterocycles. The first kappa shape index (κ1) is 18.5. The summed E-state index contributed by atoms with van der Waals surface area (Å²) in [6.07, 6.45) is 5.02. The van der Waals surface area contributed by atoms with Crippen molar-refractivity contribution in [2.45, 2.75) is 38.8 Å². The van der Waals surface area contributed by atoms with E-state index in [9.17, 15) is 4.79 Å². The minimum atomic E-state index is -0.160. The van der Waals surface area contributed by atoms with Crippen LogP contribution in [0.4, 0.5) is 5.82 Å². The van der Waals surface area contributed by atoms with Crippen LogP contribution in [0.1, 0.15) is 37.0 Å². The highest BCUT2D eigenvalue weighted by Gasteiger charge is 2.22. The standard InChI is InChI=1S/C19H23ClN4O2/c1-13(2)26-19-16(20)11-14(12-22-19)18(25)23-15-6-9-24(10-7-15)17-5-3-4-8-21-17/h3-5,8,11-13,15H,6-7,9-10H2,1-2H3,(H,23,25). The van der Waals surface area contributed by atoms with Gasteiger partial charge < -0.3 is 15.0 Å². The summed E-state index contributed by atoms with van der Waals surface area (Å²) in [6.45, 7) is 5.52. The molecule has 0 unspecified atom stereocenters. The number of rotatable bonds is 5. The number of ether oxygens (including phenoxy) is 1. The summed E-state index contributed by atoms with van der Waals surface area (Å²) in [7, 11) is 0. The fraction of sp³-hybridized carbons (Fsp3) is 0.421. The Morgan fingerprint density at radius 1 is 1.31 bits per heavy atom. The van der Waals surface area contributed by atoms with Crippen molar-refractivity contribution in [1.29, 1.82) is 0 Å². The maximum atomic E-state index is 12.5. The highest BCUT2D eigenvalue weighted by molar-refractivity contribution is 6.32. The van der Waals surface area contributed by atoms with E-state index >= 15 is 0 Å². The van der Waals surface area contributed by atoms with Gasteiger partial charge in [-0.1, -0.05) is 17.7 Å². The van der Waals surface area contributed by atoms with Crippen LogP contribution in [0.3, 0.4) is 0 Å². The van der Waals surface area contributed by atoms with Gasteiger partial charge in [-0.3, -0.25) is 4.79 Å². The van der Waals surface area contributed by atoms with Crippen molar-refractivity contribution in [1.82, 2.24) is 15.3 Å². The predicted octanol–water partition coefficient (Wildman–Crippen LogP) is 3.32. The lowest BCUT2D eigenvalue weighted by molar-refractivity contribution is 0.0930. The molecule has 0 saturated carbocycles. The van der Waals surface area contributed by atoms with Gasteiger partial charge in [-0.15, -0.1) is 0 Å². The quantitative estimate of drug-likeness (QED) is 0.869. The topological polar surface area (TPSA) is 67.3 Å². The molecule has 0 radical (unpaired) electrons. The fourth-order valence-corrected chi connectivity index (χ4v) is 3.13. The Morgan fingerprint density at radius 3 is 2.69 bits per heavy atom. The van der Waals surface area contributed by atoms with Crippen LogP contribution in [-0.2, 0) is 0 Å². The highest BCUT2D eigenvalue weighted by atomic mass is 35.5. The molecule has 0 aliphatic carbocycles. The molecule has 6 nitrogen and oxygen atoms in total. The number of anilines is 1. The number of hydrogen-bond donors (Lipinski definition) is 1. The zero-order valence-electron chi connectivity index (χ0n) is 15.0. The maximum absolute atomic E-state index is 12.5. The van der Waals surface area contributed by atoms with Gasteiger partial charge in [0.2, 0.25) is 5.88 Å². The Balaban J connectivity index is 1.55. The number of carbonyl (C=O) groups is 1. The molecule has 1 aliphatic heterocycles. The normalized spacial score (nSPS) is 15.2. The summed E-state index contributed by atoms with van der Waals surface area (Å²) in [5, 5.41) is 3.41.